The summed E-state index contributed by atoms with van der Waals surface area (Å²) in [4.78, 5) is 13.0. The van der Waals surface area contributed by atoms with Gasteiger partial charge in [-0.3, -0.25) is 0 Å². The third-order valence-electron chi connectivity index (χ3n) is 4.30. The predicted octanol–water partition coefficient (Wildman–Crippen LogP) is 2.20. The van der Waals surface area contributed by atoms with Gasteiger partial charge in [0, 0.05) is 37.3 Å². The highest BCUT2D eigenvalue weighted by Gasteiger charge is 2.32. The van der Waals surface area contributed by atoms with E-state index in [1.165, 1.54) is 0 Å². The van der Waals surface area contributed by atoms with Gasteiger partial charge in [0.25, 0.3) is 0 Å². The number of hydrogen-bond acceptors (Lipinski definition) is 6. The minimum Gasteiger partial charge on any atom is -0.353 e. The van der Waals surface area contributed by atoms with Gasteiger partial charge in [-0.25, -0.2) is 9.97 Å². The molecule has 0 radical (unpaired) electrons. The van der Waals surface area contributed by atoms with Crippen LogP contribution in [0, 0.1) is 6.92 Å². The van der Waals surface area contributed by atoms with E-state index in [0.717, 1.165) is 36.1 Å². The maximum absolute atomic E-state index is 4.38. The second-order valence-corrected chi connectivity index (χ2v) is 7.21. The number of rotatable bonds is 3. The van der Waals surface area contributed by atoms with E-state index in [1.807, 2.05) is 13.0 Å². The molecule has 1 aliphatic rings. The molecule has 0 spiro atoms. The van der Waals surface area contributed by atoms with Gasteiger partial charge in [-0.05, 0) is 19.1 Å². The summed E-state index contributed by atoms with van der Waals surface area (Å²) < 4.78 is 0. The van der Waals surface area contributed by atoms with Gasteiger partial charge in [-0.15, -0.1) is 5.10 Å². The first-order valence-electron chi connectivity index (χ1n) is 7.95. The van der Waals surface area contributed by atoms with Gasteiger partial charge in [-0.2, -0.15) is 5.10 Å². The van der Waals surface area contributed by atoms with Gasteiger partial charge in [-0.1, -0.05) is 20.8 Å². The van der Waals surface area contributed by atoms with Gasteiger partial charge in [0.2, 0.25) is 0 Å². The number of aromatic nitrogens is 4. The Morgan fingerprint density at radius 3 is 2.43 bits per heavy atom. The van der Waals surface area contributed by atoms with E-state index in [9.17, 15) is 0 Å². The Balaban J connectivity index is 1.62. The van der Waals surface area contributed by atoms with Crippen LogP contribution in [0.1, 0.15) is 32.2 Å². The van der Waals surface area contributed by atoms with E-state index in [0.29, 0.717) is 6.04 Å². The van der Waals surface area contributed by atoms with Crippen LogP contribution in [0.4, 0.5) is 11.6 Å². The Morgan fingerprint density at radius 2 is 1.87 bits per heavy atom. The number of anilines is 2. The van der Waals surface area contributed by atoms with Crippen LogP contribution < -0.4 is 9.80 Å². The Morgan fingerprint density at radius 1 is 1.13 bits per heavy atom. The maximum Gasteiger partial charge on any atom is 0.151 e. The molecule has 0 aliphatic carbocycles. The molecule has 0 aromatic carbocycles. The molecule has 0 N–H and O–H groups in total. The summed E-state index contributed by atoms with van der Waals surface area (Å²) in [5, 5.41) is 8.75. The molecule has 6 nitrogen and oxygen atoms in total. The maximum atomic E-state index is 4.38. The van der Waals surface area contributed by atoms with E-state index in [-0.39, 0.29) is 5.41 Å². The van der Waals surface area contributed by atoms with Gasteiger partial charge in [0.1, 0.15) is 12.1 Å². The zero-order chi connectivity index (χ0) is 16.6. The molecule has 3 heterocycles. The molecular weight excluding hydrogens is 288 g/mol. The summed E-state index contributed by atoms with van der Waals surface area (Å²) in [7, 11) is 2.08. The second kappa shape index (κ2) is 5.76. The van der Waals surface area contributed by atoms with Crippen LogP contribution in [-0.2, 0) is 5.41 Å². The fourth-order valence-electron chi connectivity index (χ4n) is 2.60. The molecule has 23 heavy (non-hydrogen) atoms. The zero-order valence-corrected chi connectivity index (χ0v) is 14.5. The van der Waals surface area contributed by atoms with Crippen molar-refractivity contribution < 1.29 is 0 Å². The third-order valence-corrected chi connectivity index (χ3v) is 4.30. The van der Waals surface area contributed by atoms with Crippen molar-refractivity contribution in [1.29, 1.82) is 0 Å². The molecular formula is C17H24N6. The Labute approximate surface area is 137 Å². The number of likely N-dealkylation sites (N-methyl/N-ethyl adjacent to an activating group) is 1. The van der Waals surface area contributed by atoms with Crippen molar-refractivity contribution in [3.05, 3.63) is 35.9 Å². The lowest BCUT2D eigenvalue weighted by Gasteiger charge is -2.44. The van der Waals surface area contributed by atoms with Crippen LogP contribution in [0.25, 0.3) is 0 Å². The smallest absolute Gasteiger partial charge is 0.151 e. The minimum atomic E-state index is 0.0358. The van der Waals surface area contributed by atoms with E-state index in [2.05, 4.69) is 69.9 Å². The molecule has 0 saturated carbocycles. The average Bonchev–Trinajstić information content (AvgIpc) is 2.45. The van der Waals surface area contributed by atoms with E-state index < -0.39 is 0 Å². The minimum absolute atomic E-state index is 0.0358. The second-order valence-electron chi connectivity index (χ2n) is 7.21. The van der Waals surface area contributed by atoms with Gasteiger partial charge < -0.3 is 9.80 Å². The van der Waals surface area contributed by atoms with Crippen molar-refractivity contribution in [2.45, 2.75) is 39.2 Å². The van der Waals surface area contributed by atoms with Crippen LogP contribution in [0.3, 0.4) is 0 Å². The third kappa shape index (κ3) is 3.25. The predicted molar refractivity (Wildman–Crippen MR) is 91.9 cm³/mol. The fourth-order valence-corrected chi connectivity index (χ4v) is 2.60. The van der Waals surface area contributed by atoms with Gasteiger partial charge in [0.05, 0.1) is 11.7 Å². The van der Waals surface area contributed by atoms with Crippen LogP contribution in [0.5, 0.6) is 0 Å². The Hall–Kier alpha value is -2.24. The van der Waals surface area contributed by atoms with Crippen LogP contribution in [0.15, 0.2) is 24.5 Å². The molecule has 1 aliphatic heterocycles. The van der Waals surface area contributed by atoms with Crippen LogP contribution in [0.2, 0.25) is 0 Å². The summed E-state index contributed by atoms with van der Waals surface area (Å²) in [5.41, 5.74) is 2.04. The normalized spacial score (nSPS) is 15.4. The van der Waals surface area contributed by atoms with Crippen molar-refractivity contribution in [2.24, 2.45) is 0 Å². The molecule has 1 saturated heterocycles. The summed E-state index contributed by atoms with van der Waals surface area (Å²) in [6.07, 6.45) is 1.62. The van der Waals surface area contributed by atoms with Gasteiger partial charge in [0.15, 0.2) is 5.82 Å². The van der Waals surface area contributed by atoms with Crippen molar-refractivity contribution in [2.75, 3.05) is 29.9 Å². The monoisotopic (exact) mass is 312 g/mol. The molecule has 0 unspecified atom stereocenters. The fraction of sp³-hybridized carbons (Fsp3) is 0.529. The van der Waals surface area contributed by atoms with E-state index >= 15 is 0 Å². The lowest BCUT2D eigenvalue weighted by Crippen LogP contribution is -2.59. The highest BCUT2D eigenvalue weighted by Crippen LogP contribution is 2.25. The first kappa shape index (κ1) is 15.6. The quantitative estimate of drug-likeness (QED) is 0.866. The molecule has 6 heteroatoms. The Kier molecular flexibility index (Phi) is 3.92. The van der Waals surface area contributed by atoms with Crippen molar-refractivity contribution in [1.82, 2.24) is 20.2 Å². The molecule has 0 atom stereocenters. The van der Waals surface area contributed by atoms with E-state index in [1.54, 1.807) is 6.33 Å². The van der Waals surface area contributed by atoms with Crippen molar-refractivity contribution in [3.8, 4) is 0 Å². The highest BCUT2D eigenvalue weighted by molar-refractivity contribution is 5.47. The van der Waals surface area contributed by atoms with Crippen molar-refractivity contribution >= 4 is 11.6 Å². The standard InChI is InChI=1S/C17H24N6/c1-12-8-16(19-11-18-12)22(5)13-9-23(10-13)15-7-6-14(20-21-15)17(2,3)4/h6-8,11,13H,9-10H2,1-5H3. The lowest BCUT2D eigenvalue weighted by molar-refractivity contribution is 0.485. The molecule has 0 bridgehead atoms. The molecule has 1 fully saturated rings. The molecule has 0 amide bonds. The lowest BCUT2D eigenvalue weighted by atomic mass is 9.92. The van der Waals surface area contributed by atoms with Crippen LogP contribution in [-0.4, -0.2) is 46.3 Å². The summed E-state index contributed by atoms with van der Waals surface area (Å²) in [5.74, 6) is 1.91. The summed E-state index contributed by atoms with van der Waals surface area (Å²) in [6.45, 7) is 10.3. The topological polar surface area (TPSA) is 58.0 Å². The first-order chi connectivity index (χ1) is 10.8. The van der Waals surface area contributed by atoms with Crippen molar-refractivity contribution in [3.63, 3.8) is 0 Å². The largest absolute Gasteiger partial charge is 0.353 e. The first-order valence-corrected chi connectivity index (χ1v) is 7.95. The molecule has 2 aromatic rings. The van der Waals surface area contributed by atoms with Gasteiger partial charge >= 0.3 is 0 Å². The number of nitrogens with zero attached hydrogens (tertiary/aromatic N) is 6. The van der Waals surface area contributed by atoms with Crippen LogP contribution >= 0.6 is 0 Å². The molecule has 2 aromatic heterocycles. The SMILES string of the molecule is Cc1cc(N(C)C2CN(c3ccc(C(C)(C)C)nn3)C2)ncn1. The molecule has 3 rings (SSSR count). The van der Waals surface area contributed by atoms with E-state index in [4.69, 9.17) is 0 Å². The number of aryl methyl sites for hydroxylation is 1. The summed E-state index contributed by atoms with van der Waals surface area (Å²) >= 11 is 0. The molecule has 122 valence electrons. The zero-order valence-electron chi connectivity index (χ0n) is 14.5. The Bertz CT molecular complexity index is 670. The summed E-state index contributed by atoms with van der Waals surface area (Å²) in [6, 6.07) is 6.60. The number of hydrogen-bond donors (Lipinski definition) is 0. The average molecular weight is 312 g/mol. The highest BCUT2D eigenvalue weighted by atomic mass is 15.4.